The molecule has 4 aromatic rings. The molecule has 5 rings (SSSR count). The first-order chi connectivity index (χ1) is 13.3. The second-order valence-electron chi connectivity index (χ2n) is 6.69. The monoisotopic (exact) mass is 357 g/mol. The maximum atomic E-state index is 4.74. The van der Waals surface area contributed by atoms with E-state index in [0.29, 0.717) is 0 Å². The molecule has 1 aliphatic heterocycles. The fourth-order valence-electron chi connectivity index (χ4n) is 3.45. The topological polar surface area (TPSA) is 95.2 Å². The summed E-state index contributed by atoms with van der Waals surface area (Å²) in [6.07, 6.45) is 4.58. The summed E-state index contributed by atoms with van der Waals surface area (Å²) in [7, 11) is 0. The number of hydrogen-bond donors (Lipinski definition) is 3. The number of hydrogen-bond acceptors (Lipinski definition) is 5. The molecular weight excluding hydrogens is 338 g/mol. The second-order valence-corrected chi connectivity index (χ2v) is 6.69. The van der Waals surface area contributed by atoms with Crippen molar-refractivity contribution < 1.29 is 0 Å². The van der Waals surface area contributed by atoms with Gasteiger partial charge >= 0.3 is 0 Å². The van der Waals surface area contributed by atoms with Crippen LogP contribution in [0.25, 0.3) is 34.0 Å². The molecule has 7 nitrogen and oxygen atoms in total. The Hall–Kier alpha value is -3.32. The fraction of sp³-hybridized carbons (Fsp3) is 0.200. The highest BCUT2D eigenvalue weighted by molar-refractivity contribution is 5.80. The van der Waals surface area contributed by atoms with Crippen LogP contribution in [0.4, 0.5) is 0 Å². The quantitative estimate of drug-likeness (QED) is 0.524. The average Bonchev–Trinajstić information content (AvgIpc) is 3.35. The summed E-state index contributed by atoms with van der Waals surface area (Å²) >= 11 is 0. The molecule has 0 bridgehead atoms. The van der Waals surface area contributed by atoms with Gasteiger partial charge in [0, 0.05) is 37.0 Å². The van der Waals surface area contributed by atoms with Crippen molar-refractivity contribution in [3.63, 3.8) is 0 Å². The zero-order valence-corrected chi connectivity index (χ0v) is 15.0. The Morgan fingerprint density at radius 2 is 2.04 bits per heavy atom. The number of fused-ring (bicyclic) bond motifs is 1. The van der Waals surface area contributed by atoms with E-state index in [2.05, 4.69) is 30.5 Å². The number of aromatic amines is 2. The molecule has 0 amide bonds. The van der Waals surface area contributed by atoms with Gasteiger partial charge in [-0.05, 0) is 36.8 Å². The highest BCUT2D eigenvalue weighted by Crippen LogP contribution is 2.31. The Kier molecular flexibility index (Phi) is 3.79. The van der Waals surface area contributed by atoms with Gasteiger partial charge in [0.1, 0.15) is 5.69 Å². The highest BCUT2D eigenvalue weighted by atomic mass is 15.1. The Balaban J connectivity index is 1.55. The smallest absolute Gasteiger partial charge is 0.156 e. The Bertz CT molecular complexity index is 1090. The van der Waals surface area contributed by atoms with Crippen LogP contribution < -0.4 is 5.32 Å². The van der Waals surface area contributed by atoms with Crippen molar-refractivity contribution in [2.75, 3.05) is 6.54 Å². The van der Waals surface area contributed by atoms with Crippen molar-refractivity contribution in [2.45, 2.75) is 19.9 Å². The summed E-state index contributed by atoms with van der Waals surface area (Å²) in [6.45, 7) is 3.77. The van der Waals surface area contributed by atoms with Gasteiger partial charge in [-0.1, -0.05) is 6.07 Å². The number of aromatic nitrogens is 6. The zero-order chi connectivity index (χ0) is 18.2. The summed E-state index contributed by atoms with van der Waals surface area (Å²) in [4.78, 5) is 17.3. The Morgan fingerprint density at radius 3 is 2.93 bits per heavy atom. The van der Waals surface area contributed by atoms with Crippen LogP contribution in [-0.4, -0.2) is 36.7 Å². The van der Waals surface area contributed by atoms with Crippen molar-refractivity contribution in [1.82, 2.24) is 35.5 Å². The summed E-state index contributed by atoms with van der Waals surface area (Å²) in [5, 5.41) is 10.7. The van der Waals surface area contributed by atoms with Crippen LogP contribution in [0.1, 0.15) is 17.1 Å². The van der Waals surface area contributed by atoms with Crippen molar-refractivity contribution >= 4 is 0 Å². The molecule has 3 N–H and O–H groups in total. The maximum absolute atomic E-state index is 4.74. The molecule has 0 saturated heterocycles. The molecular formula is C20H19N7. The molecule has 0 aromatic carbocycles. The lowest BCUT2D eigenvalue weighted by Crippen LogP contribution is -2.23. The van der Waals surface area contributed by atoms with Gasteiger partial charge in [0.05, 0.1) is 29.0 Å². The third kappa shape index (κ3) is 2.92. The molecule has 0 spiro atoms. The van der Waals surface area contributed by atoms with Gasteiger partial charge in [-0.25, -0.2) is 4.98 Å². The molecule has 4 aromatic heterocycles. The fourth-order valence-corrected chi connectivity index (χ4v) is 3.45. The minimum absolute atomic E-state index is 0.810. The SMILES string of the molecule is Cc1cccc(-c2[nH]ncc2-c2ccnc(-c3nc4c([nH]3)CNCC4)c2)n1. The van der Waals surface area contributed by atoms with E-state index in [-0.39, 0.29) is 0 Å². The molecule has 27 heavy (non-hydrogen) atoms. The van der Waals surface area contributed by atoms with Gasteiger partial charge in [-0.2, -0.15) is 5.10 Å². The van der Waals surface area contributed by atoms with Crippen LogP contribution in [0.2, 0.25) is 0 Å². The highest BCUT2D eigenvalue weighted by Gasteiger charge is 2.17. The van der Waals surface area contributed by atoms with Crippen LogP contribution >= 0.6 is 0 Å². The largest absolute Gasteiger partial charge is 0.339 e. The number of pyridine rings is 2. The van der Waals surface area contributed by atoms with E-state index in [1.54, 1.807) is 0 Å². The van der Waals surface area contributed by atoms with E-state index >= 15 is 0 Å². The zero-order valence-electron chi connectivity index (χ0n) is 15.0. The lowest BCUT2D eigenvalue weighted by molar-refractivity contribution is 0.627. The number of aryl methyl sites for hydroxylation is 1. The minimum atomic E-state index is 0.810. The van der Waals surface area contributed by atoms with E-state index in [9.17, 15) is 0 Å². The van der Waals surface area contributed by atoms with Crippen LogP contribution in [0.3, 0.4) is 0 Å². The molecule has 0 unspecified atom stereocenters. The van der Waals surface area contributed by atoms with Crippen LogP contribution in [-0.2, 0) is 13.0 Å². The molecule has 134 valence electrons. The number of rotatable bonds is 3. The van der Waals surface area contributed by atoms with Crippen molar-refractivity contribution in [1.29, 1.82) is 0 Å². The molecule has 5 heterocycles. The second kappa shape index (κ2) is 6.44. The minimum Gasteiger partial charge on any atom is -0.339 e. The third-order valence-corrected chi connectivity index (χ3v) is 4.80. The van der Waals surface area contributed by atoms with Gasteiger partial charge in [-0.3, -0.25) is 15.1 Å². The van der Waals surface area contributed by atoms with Crippen molar-refractivity contribution in [3.8, 4) is 34.0 Å². The summed E-state index contributed by atoms with van der Waals surface area (Å²) in [5.74, 6) is 0.810. The van der Waals surface area contributed by atoms with E-state index in [4.69, 9.17) is 4.98 Å². The van der Waals surface area contributed by atoms with E-state index in [0.717, 1.165) is 70.6 Å². The van der Waals surface area contributed by atoms with Crippen LogP contribution in [0.15, 0.2) is 42.7 Å². The number of nitrogens with zero attached hydrogens (tertiary/aromatic N) is 4. The number of H-pyrrole nitrogens is 2. The van der Waals surface area contributed by atoms with Crippen molar-refractivity contribution in [3.05, 3.63) is 59.8 Å². The molecule has 0 fully saturated rings. The predicted octanol–water partition coefficient (Wildman–Crippen LogP) is 2.88. The van der Waals surface area contributed by atoms with Gasteiger partial charge in [0.2, 0.25) is 0 Å². The summed E-state index contributed by atoms with van der Waals surface area (Å²) in [6, 6.07) is 10.00. The third-order valence-electron chi connectivity index (χ3n) is 4.80. The summed E-state index contributed by atoms with van der Waals surface area (Å²) in [5.41, 5.74) is 7.87. The average molecular weight is 357 g/mol. The van der Waals surface area contributed by atoms with Crippen LogP contribution in [0, 0.1) is 6.92 Å². The lowest BCUT2D eigenvalue weighted by atomic mass is 10.0. The van der Waals surface area contributed by atoms with E-state index in [1.807, 2.05) is 49.6 Å². The normalized spacial score (nSPS) is 13.5. The lowest BCUT2D eigenvalue weighted by Gasteiger charge is -2.09. The molecule has 1 aliphatic rings. The number of nitrogens with one attached hydrogen (secondary N) is 3. The summed E-state index contributed by atoms with van der Waals surface area (Å²) < 4.78 is 0. The van der Waals surface area contributed by atoms with Gasteiger partial charge < -0.3 is 10.3 Å². The first kappa shape index (κ1) is 15.9. The standard InChI is InChI=1S/C20H19N7/c1-12-3-2-4-16(24-12)19-14(10-23-27-19)13-5-8-22-17(9-13)20-25-15-6-7-21-11-18(15)26-20/h2-5,8-10,21H,6-7,11H2,1H3,(H,23,27)(H,25,26). The van der Waals surface area contributed by atoms with Gasteiger partial charge in [0.15, 0.2) is 5.82 Å². The van der Waals surface area contributed by atoms with E-state index in [1.165, 1.54) is 0 Å². The Labute approximate surface area is 156 Å². The number of imidazole rings is 1. The van der Waals surface area contributed by atoms with Crippen molar-refractivity contribution in [2.24, 2.45) is 0 Å². The first-order valence-corrected chi connectivity index (χ1v) is 9.00. The maximum Gasteiger partial charge on any atom is 0.156 e. The molecule has 0 aliphatic carbocycles. The van der Waals surface area contributed by atoms with Gasteiger partial charge in [-0.15, -0.1) is 0 Å². The predicted molar refractivity (Wildman–Crippen MR) is 103 cm³/mol. The molecule has 0 radical (unpaired) electrons. The van der Waals surface area contributed by atoms with Gasteiger partial charge in [0.25, 0.3) is 0 Å². The Morgan fingerprint density at radius 1 is 1.07 bits per heavy atom. The molecule has 0 saturated carbocycles. The van der Waals surface area contributed by atoms with E-state index < -0.39 is 0 Å². The first-order valence-electron chi connectivity index (χ1n) is 9.00. The molecule has 0 atom stereocenters. The van der Waals surface area contributed by atoms with Crippen LogP contribution in [0.5, 0.6) is 0 Å². The molecule has 7 heteroatoms.